The van der Waals surface area contributed by atoms with E-state index in [0.29, 0.717) is 6.07 Å². The van der Waals surface area contributed by atoms with E-state index in [1.807, 2.05) is 0 Å². The maximum Gasteiger partial charge on any atom is 0.574 e. The second-order valence-electron chi connectivity index (χ2n) is 3.78. The third-order valence-corrected chi connectivity index (χ3v) is 1.77. The lowest BCUT2D eigenvalue weighted by Crippen LogP contribution is -2.18. The molecule has 8 nitrogen and oxygen atoms in total. The number of aromatic nitrogens is 4. The van der Waals surface area contributed by atoms with Crippen molar-refractivity contribution in [3.05, 3.63) is 30.1 Å². The van der Waals surface area contributed by atoms with E-state index in [1.54, 1.807) is 0 Å². The van der Waals surface area contributed by atoms with Crippen molar-refractivity contribution in [2.24, 2.45) is 0 Å². The minimum absolute atomic E-state index is 0. The van der Waals surface area contributed by atoms with Gasteiger partial charge in [0.1, 0.15) is 0 Å². The van der Waals surface area contributed by atoms with Gasteiger partial charge in [-0.15, -0.1) is 26.3 Å². The van der Waals surface area contributed by atoms with E-state index in [1.165, 1.54) is 0 Å². The molecule has 0 atom stereocenters. The van der Waals surface area contributed by atoms with Crippen LogP contribution in [0.4, 0.5) is 45.5 Å². The highest BCUT2D eigenvalue weighted by molar-refractivity contribution is 5.21. The number of nitrogens with zero attached hydrogens (tertiary/aromatic N) is 4. The summed E-state index contributed by atoms with van der Waals surface area (Å²) in [5, 5.41) is 0. The van der Waals surface area contributed by atoms with Crippen molar-refractivity contribution >= 4 is 5.95 Å². The molecule has 0 bridgehead atoms. The molecule has 17 heteroatoms. The topological polar surface area (TPSA) is 131 Å². The summed E-state index contributed by atoms with van der Waals surface area (Å²) >= 11 is 0. The number of alkyl halides is 6. The smallest absolute Gasteiger partial charge is 0.388 e. The molecule has 2 rings (SSSR count). The van der Waals surface area contributed by atoms with Gasteiger partial charge in [0.2, 0.25) is 29.6 Å². The molecule has 2 heterocycles. The van der Waals surface area contributed by atoms with Crippen molar-refractivity contribution in [1.29, 1.82) is 0 Å². The molecule has 0 saturated heterocycles. The molecule has 0 spiro atoms. The number of nitrogen functional groups attached to an aromatic ring is 1. The second-order valence-corrected chi connectivity index (χ2v) is 3.78. The van der Waals surface area contributed by atoms with E-state index in [-0.39, 0.29) is 19.6 Å². The summed E-state index contributed by atoms with van der Waals surface area (Å²) in [5.41, 5.74) is 4.87. The quantitative estimate of drug-likeness (QED) is 0.420. The molecule has 0 aromatic carbocycles. The summed E-state index contributed by atoms with van der Waals surface area (Å²) < 4.78 is 112. The van der Waals surface area contributed by atoms with Crippen LogP contribution in [0.25, 0.3) is 0 Å². The van der Waals surface area contributed by atoms with Crippen LogP contribution in [0.3, 0.4) is 0 Å². The van der Waals surface area contributed by atoms with Crippen molar-refractivity contribution in [3.8, 4) is 11.8 Å². The van der Waals surface area contributed by atoms with E-state index in [0.717, 1.165) is 0 Å². The van der Waals surface area contributed by atoms with Crippen molar-refractivity contribution in [2.45, 2.75) is 20.2 Å². The Kier molecular flexibility index (Phi) is 9.96. The number of rotatable bonds is 2. The van der Waals surface area contributed by atoms with Crippen LogP contribution >= 0.6 is 0 Å². The fourth-order valence-electron chi connectivity index (χ4n) is 1.13. The summed E-state index contributed by atoms with van der Waals surface area (Å²) in [6, 6.07) is 0.598. The number of ether oxygens (including phenoxy) is 2. The van der Waals surface area contributed by atoms with Crippen LogP contribution in [0.2, 0.25) is 0 Å². The highest BCUT2D eigenvalue weighted by Gasteiger charge is 2.33. The molecule has 0 amide bonds. The Labute approximate surface area is 150 Å². The van der Waals surface area contributed by atoms with Crippen LogP contribution in [0, 0.1) is 18.0 Å². The first kappa shape index (κ1) is 27.1. The number of halogens is 9. The molecule has 0 radical (unpaired) electrons. The zero-order valence-corrected chi connectivity index (χ0v) is 12.4. The molecule has 0 aliphatic carbocycles. The molecule has 0 aliphatic rings. The molecule has 2 aromatic rings. The van der Waals surface area contributed by atoms with Crippen LogP contribution in [0.15, 0.2) is 12.1 Å². The van der Waals surface area contributed by atoms with E-state index in [2.05, 4.69) is 29.4 Å². The molecular weight excluding hydrogens is 419 g/mol. The standard InChI is InChI=1S/C5HF5N2O.C5H3F4N3O.CH4.H3N/c6-2-1-3(12-4(7)11-2)13-5(8,9)10;6-2-1-3(12-4(10)11-2)13-5(7,8)9;;/h1H;1H,(H2,10,11,12);1H4;1H3. The Bertz CT molecular complexity index is 652. The molecule has 0 saturated carbocycles. The average molecular weight is 430 g/mol. The summed E-state index contributed by atoms with van der Waals surface area (Å²) in [6.45, 7) is 0. The monoisotopic (exact) mass is 430 g/mol. The van der Waals surface area contributed by atoms with Crippen LogP contribution in [-0.2, 0) is 0 Å². The van der Waals surface area contributed by atoms with Gasteiger partial charge >= 0.3 is 18.8 Å². The molecular formula is C11H11F9N6O2. The molecule has 0 fully saturated rings. The van der Waals surface area contributed by atoms with Crippen molar-refractivity contribution in [2.75, 3.05) is 5.73 Å². The zero-order chi connectivity index (χ0) is 20.1. The Hall–Kier alpha value is -3.11. The van der Waals surface area contributed by atoms with Crippen LogP contribution in [-0.4, -0.2) is 32.7 Å². The van der Waals surface area contributed by atoms with E-state index < -0.39 is 48.4 Å². The highest BCUT2D eigenvalue weighted by Crippen LogP contribution is 2.21. The van der Waals surface area contributed by atoms with Crippen LogP contribution in [0.5, 0.6) is 11.8 Å². The predicted molar refractivity (Wildman–Crippen MR) is 73.5 cm³/mol. The van der Waals surface area contributed by atoms with Crippen molar-refractivity contribution in [1.82, 2.24) is 26.1 Å². The summed E-state index contributed by atoms with van der Waals surface area (Å²) in [4.78, 5) is 11.0. The summed E-state index contributed by atoms with van der Waals surface area (Å²) in [6.07, 6.45) is -11.6. The van der Waals surface area contributed by atoms with Gasteiger partial charge in [-0.2, -0.15) is 33.1 Å². The van der Waals surface area contributed by atoms with E-state index >= 15 is 0 Å². The third-order valence-electron chi connectivity index (χ3n) is 1.77. The normalized spacial score (nSPS) is 10.6. The predicted octanol–water partition coefficient (Wildman–Crippen LogP) is 3.55. The summed E-state index contributed by atoms with van der Waals surface area (Å²) in [5.74, 6) is -5.45. The zero-order valence-electron chi connectivity index (χ0n) is 12.4. The van der Waals surface area contributed by atoms with Gasteiger partial charge in [-0.1, -0.05) is 7.43 Å². The lowest BCUT2D eigenvalue weighted by Gasteiger charge is -2.07. The van der Waals surface area contributed by atoms with Crippen LogP contribution < -0.4 is 21.4 Å². The molecule has 0 aliphatic heterocycles. The van der Waals surface area contributed by atoms with Gasteiger partial charge in [0, 0.05) is 0 Å². The largest absolute Gasteiger partial charge is 0.574 e. The fourth-order valence-corrected chi connectivity index (χ4v) is 1.13. The van der Waals surface area contributed by atoms with Crippen molar-refractivity contribution < 1.29 is 49.0 Å². The maximum atomic E-state index is 12.3. The van der Waals surface area contributed by atoms with E-state index in [4.69, 9.17) is 5.73 Å². The first-order chi connectivity index (χ1) is 11.7. The van der Waals surface area contributed by atoms with Gasteiger partial charge in [0.25, 0.3) is 0 Å². The first-order valence-electron chi connectivity index (χ1n) is 5.75. The number of hydrogen-bond donors (Lipinski definition) is 2. The number of hydrogen-bond acceptors (Lipinski definition) is 8. The van der Waals surface area contributed by atoms with Gasteiger partial charge in [0.05, 0.1) is 12.1 Å². The van der Waals surface area contributed by atoms with Gasteiger partial charge in [-0.3, -0.25) is 0 Å². The molecule has 160 valence electrons. The van der Waals surface area contributed by atoms with Gasteiger partial charge in [-0.05, 0) is 0 Å². The fraction of sp³-hybridized carbons (Fsp3) is 0.273. The molecule has 28 heavy (non-hydrogen) atoms. The molecule has 0 unspecified atom stereocenters. The Morgan fingerprint density at radius 2 is 1.11 bits per heavy atom. The minimum Gasteiger partial charge on any atom is -0.388 e. The lowest BCUT2D eigenvalue weighted by atomic mass is 10.6. The minimum atomic E-state index is -5.03. The SMILES string of the molecule is C.Fc1cc(OC(F)(F)F)nc(F)n1.N.Nc1nc(F)cc(OC(F)(F)F)n1. The lowest BCUT2D eigenvalue weighted by molar-refractivity contribution is -0.277. The Morgan fingerprint density at radius 1 is 0.714 bits per heavy atom. The van der Waals surface area contributed by atoms with Gasteiger partial charge in [0.15, 0.2) is 0 Å². The second kappa shape index (κ2) is 10.3. The van der Waals surface area contributed by atoms with Gasteiger partial charge in [-0.25, -0.2) is 0 Å². The summed E-state index contributed by atoms with van der Waals surface area (Å²) in [7, 11) is 0. The number of anilines is 1. The van der Waals surface area contributed by atoms with Crippen molar-refractivity contribution in [3.63, 3.8) is 0 Å². The van der Waals surface area contributed by atoms with E-state index in [9.17, 15) is 39.5 Å². The number of nitrogens with two attached hydrogens (primary N) is 1. The van der Waals surface area contributed by atoms with Crippen LogP contribution in [0.1, 0.15) is 7.43 Å². The van der Waals surface area contributed by atoms with Gasteiger partial charge < -0.3 is 21.4 Å². The molecule has 5 N–H and O–H groups in total. The highest BCUT2D eigenvalue weighted by atomic mass is 19.4. The first-order valence-corrected chi connectivity index (χ1v) is 5.75. The Balaban J connectivity index is 0. The average Bonchev–Trinajstić information content (AvgIpc) is 2.31. The Morgan fingerprint density at radius 3 is 1.46 bits per heavy atom. The maximum absolute atomic E-state index is 12.3. The molecule has 2 aromatic heterocycles. The third kappa shape index (κ3) is 11.5.